The van der Waals surface area contributed by atoms with Gasteiger partial charge in [-0.15, -0.1) is 11.6 Å². The molecule has 3 rings (SSSR count). The number of nitrogens with zero attached hydrogens (tertiary/aromatic N) is 2. The number of rotatable bonds is 3. The Morgan fingerprint density at radius 2 is 1.92 bits per heavy atom. The second-order valence-electron chi connectivity index (χ2n) is 7.84. The molecular weight excluding hydrogens is 340 g/mol. The van der Waals surface area contributed by atoms with Crippen LogP contribution in [-0.2, 0) is 9.53 Å². The minimum Gasteiger partial charge on any atom is -0.456 e. The molecule has 0 aromatic heterocycles. The van der Waals surface area contributed by atoms with Crippen molar-refractivity contribution in [2.45, 2.75) is 58.2 Å². The summed E-state index contributed by atoms with van der Waals surface area (Å²) in [6.07, 6.45) is 2.34. The minimum atomic E-state index is -0.564. The van der Waals surface area contributed by atoms with E-state index >= 15 is 0 Å². The third-order valence-corrected chi connectivity index (χ3v) is 4.68. The van der Waals surface area contributed by atoms with Crippen LogP contribution < -0.4 is 9.80 Å². The highest BCUT2D eigenvalue weighted by Crippen LogP contribution is 2.42. The van der Waals surface area contributed by atoms with E-state index in [4.69, 9.17) is 16.3 Å². The lowest BCUT2D eigenvalue weighted by atomic mass is 10.0. The summed E-state index contributed by atoms with van der Waals surface area (Å²) in [4.78, 5) is 28.9. The molecule has 6 heteroatoms. The number of benzene rings is 1. The van der Waals surface area contributed by atoms with Crippen LogP contribution in [-0.4, -0.2) is 42.0 Å². The molecule has 1 aromatic rings. The van der Waals surface area contributed by atoms with E-state index < -0.39 is 5.60 Å². The summed E-state index contributed by atoms with van der Waals surface area (Å²) in [5, 5.41) is 0. The largest absolute Gasteiger partial charge is 0.456 e. The number of amides is 1. The van der Waals surface area contributed by atoms with Gasteiger partial charge < -0.3 is 14.5 Å². The van der Waals surface area contributed by atoms with Gasteiger partial charge in [0.15, 0.2) is 0 Å². The molecule has 1 aliphatic heterocycles. The van der Waals surface area contributed by atoms with E-state index in [1.807, 2.05) is 33.8 Å². The SMILES string of the molecule is CC1CN(C2CC2)c2ccc(C(=O)OC(C)(C)C)cc2N1C(=O)CCl. The van der Waals surface area contributed by atoms with E-state index in [9.17, 15) is 9.59 Å². The third-order valence-electron chi connectivity index (χ3n) is 4.45. The van der Waals surface area contributed by atoms with Crippen LogP contribution in [0.3, 0.4) is 0 Å². The molecule has 0 radical (unpaired) electrons. The summed E-state index contributed by atoms with van der Waals surface area (Å²) in [7, 11) is 0. The van der Waals surface area contributed by atoms with Gasteiger partial charge in [-0.3, -0.25) is 4.79 Å². The van der Waals surface area contributed by atoms with Crippen molar-refractivity contribution in [2.75, 3.05) is 22.2 Å². The van der Waals surface area contributed by atoms with E-state index in [2.05, 4.69) is 4.90 Å². The van der Waals surface area contributed by atoms with E-state index in [1.54, 1.807) is 17.0 Å². The summed E-state index contributed by atoms with van der Waals surface area (Å²) in [5.41, 5.74) is 1.63. The molecule has 1 aromatic carbocycles. The van der Waals surface area contributed by atoms with Crippen LogP contribution in [0.2, 0.25) is 0 Å². The average molecular weight is 365 g/mol. The molecule has 136 valence electrons. The van der Waals surface area contributed by atoms with Gasteiger partial charge in [-0.2, -0.15) is 0 Å². The smallest absolute Gasteiger partial charge is 0.338 e. The second kappa shape index (κ2) is 6.52. The topological polar surface area (TPSA) is 49.9 Å². The molecular formula is C19H25ClN2O3. The molecule has 0 N–H and O–H groups in total. The Balaban J connectivity index is 2.01. The lowest BCUT2D eigenvalue weighted by Gasteiger charge is -2.42. The maximum atomic E-state index is 12.4. The van der Waals surface area contributed by atoms with E-state index in [0.29, 0.717) is 11.6 Å². The van der Waals surface area contributed by atoms with Crippen molar-refractivity contribution < 1.29 is 14.3 Å². The number of ether oxygens (including phenoxy) is 1. The Bertz CT molecular complexity index is 694. The number of hydrogen-bond donors (Lipinski definition) is 0. The Morgan fingerprint density at radius 1 is 1.24 bits per heavy atom. The van der Waals surface area contributed by atoms with E-state index in [-0.39, 0.29) is 23.8 Å². The van der Waals surface area contributed by atoms with Crippen molar-refractivity contribution in [3.05, 3.63) is 23.8 Å². The zero-order valence-electron chi connectivity index (χ0n) is 15.2. The lowest BCUT2D eigenvalue weighted by Crippen LogP contribution is -2.51. The Hall–Kier alpha value is -1.75. The fraction of sp³-hybridized carbons (Fsp3) is 0.579. The Labute approximate surface area is 153 Å². The van der Waals surface area contributed by atoms with Gasteiger partial charge in [0.1, 0.15) is 11.5 Å². The Morgan fingerprint density at radius 3 is 2.48 bits per heavy atom. The molecule has 1 fully saturated rings. The van der Waals surface area contributed by atoms with Gasteiger partial charge in [-0.1, -0.05) is 0 Å². The Kier molecular flexibility index (Phi) is 4.71. The normalized spacial score (nSPS) is 20.3. The molecule has 1 aliphatic carbocycles. The molecule has 0 spiro atoms. The molecule has 0 bridgehead atoms. The number of carbonyl (C=O) groups is 2. The van der Waals surface area contributed by atoms with Gasteiger partial charge in [0.25, 0.3) is 0 Å². The lowest BCUT2D eigenvalue weighted by molar-refractivity contribution is -0.116. The number of esters is 1. The van der Waals surface area contributed by atoms with Crippen LogP contribution in [0.25, 0.3) is 0 Å². The molecule has 1 saturated carbocycles. The first-order chi connectivity index (χ1) is 11.7. The second-order valence-corrected chi connectivity index (χ2v) is 8.10. The van der Waals surface area contributed by atoms with Crippen LogP contribution in [0.1, 0.15) is 50.9 Å². The van der Waals surface area contributed by atoms with Gasteiger partial charge >= 0.3 is 5.97 Å². The van der Waals surface area contributed by atoms with E-state index in [0.717, 1.165) is 17.9 Å². The van der Waals surface area contributed by atoms with Crippen molar-refractivity contribution in [2.24, 2.45) is 0 Å². The zero-order valence-corrected chi connectivity index (χ0v) is 16.0. The number of halogens is 1. The molecule has 1 atom stereocenters. The molecule has 25 heavy (non-hydrogen) atoms. The maximum absolute atomic E-state index is 12.4. The highest BCUT2D eigenvalue weighted by Gasteiger charge is 2.39. The fourth-order valence-corrected chi connectivity index (χ4v) is 3.43. The summed E-state index contributed by atoms with van der Waals surface area (Å²) in [6, 6.07) is 6.00. The minimum absolute atomic E-state index is 0.00763. The van der Waals surface area contributed by atoms with Crippen molar-refractivity contribution >= 4 is 34.9 Å². The summed E-state index contributed by atoms with van der Waals surface area (Å²) >= 11 is 5.82. The summed E-state index contributed by atoms with van der Waals surface area (Å²) in [6.45, 7) is 8.31. The number of hydrogen-bond acceptors (Lipinski definition) is 4. The number of fused-ring (bicyclic) bond motifs is 1. The van der Waals surface area contributed by atoms with Crippen LogP contribution >= 0.6 is 11.6 Å². The number of alkyl halides is 1. The first-order valence-corrected chi connectivity index (χ1v) is 9.27. The molecule has 1 heterocycles. The van der Waals surface area contributed by atoms with Crippen LogP contribution in [0, 0.1) is 0 Å². The number of carbonyl (C=O) groups excluding carboxylic acids is 2. The first kappa shape index (κ1) is 18.1. The van der Waals surface area contributed by atoms with Crippen molar-refractivity contribution in [3.63, 3.8) is 0 Å². The van der Waals surface area contributed by atoms with Gasteiger partial charge in [-0.05, 0) is 58.7 Å². The quantitative estimate of drug-likeness (QED) is 0.607. The van der Waals surface area contributed by atoms with Crippen LogP contribution in [0.4, 0.5) is 11.4 Å². The molecule has 1 unspecified atom stereocenters. The first-order valence-electron chi connectivity index (χ1n) is 8.73. The number of anilines is 2. The van der Waals surface area contributed by atoms with Gasteiger partial charge in [0, 0.05) is 12.6 Å². The van der Waals surface area contributed by atoms with Gasteiger partial charge in [-0.25, -0.2) is 4.79 Å². The van der Waals surface area contributed by atoms with Crippen molar-refractivity contribution in [3.8, 4) is 0 Å². The molecule has 2 aliphatic rings. The predicted octanol–water partition coefficient (Wildman–Crippen LogP) is 3.58. The molecule has 5 nitrogen and oxygen atoms in total. The van der Waals surface area contributed by atoms with Gasteiger partial charge in [0.2, 0.25) is 5.91 Å². The molecule has 1 amide bonds. The fourth-order valence-electron chi connectivity index (χ4n) is 3.30. The van der Waals surface area contributed by atoms with Crippen molar-refractivity contribution in [1.82, 2.24) is 0 Å². The van der Waals surface area contributed by atoms with Crippen molar-refractivity contribution in [1.29, 1.82) is 0 Å². The van der Waals surface area contributed by atoms with E-state index in [1.165, 1.54) is 12.8 Å². The third kappa shape index (κ3) is 3.76. The summed E-state index contributed by atoms with van der Waals surface area (Å²) < 4.78 is 5.47. The predicted molar refractivity (Wildman–Crippen MR) is 99.6 cm³/mol. The zero-order chi connectivity index (χ0) is 18.4. The average Bonchev–Trinajstić information content (AvgIpc) is 3.36. The molecule has 0 saturated heterocycles. The van der Waals surface area contributed by atoms with Crippen LogP contribution in [0.15, 0.2) is 18.2 Å². The monoisotopic (exact) mass is 364 g/mol. The van der Waals surface area contributed by atoms with Crippen LogP contribution in [0.5, 0.6) is 0 Å². The van der Waals surface area contributed by atoms with Gasteiger partial charge in [0.05, 0.1) is 23.0 Å². The highest BCUT2D eigenvalue weighted by atomic mass is 35.5. The summed E-state index contributed by atoms with van der Waals surface area (Å²) in [5.74, 6) is -0.610. The highest BCUT2D eigenvalue weighted by molar-refractivity contribution is 6.29. The maximum Gasteiger partial charge on any atom is 0.338 e. The standard InChI is InChI=1S/C19H25ClN2O3/c1-12-11-21(14-6-7-14)15-8-5-13(18(24)25-19(2,3)4)9-16(15)22(12)17(23)10-20/h5,8-9,12,14H,6-7,10-11H2,1-4H3.